The summed E-state index contributed by atoms with van der Waals surface area (Å²) >= 11 is 0. The molecule has 0 aromatic heterocycles. The summed E-state index contributed by atoms with van der Waals surface area (Å²) in [5.74, 6) is 0.968. The zero-order valence-corrected chi connectivity index (χ0v) is 11.7. The maximum absolute atomic E-state index is 12.7. The minimum atomic E-state index is -0.151. The van der Waals surface area contributed by atoms with Crippen LogP contribution >= 0.6 is 0 Å². The van der Waals surface area contributed by atoms with Gasteiger partial charge in [-0.25, -0.2) is 0 Å². The molecule has 2 aromatic carbocycles. The number of para-hydroxylation sites is 1. The van der Waals surface area contributed by atoms with Gasteiger partial charge in [0.2, 0.25) is 0 Å². The molecule has 1 aliphatic rings. The molecule has 2 aromatic rings. The minimum absolute atomic E-state index is 0.151. The molecule has 0 fully saturated rings. The molecule has 0 atom stereocenters. The first kappa shape index (κ1) is 13.3. The predicted octanol–water partition coefficient (Wildman–Crippen LogP) is 2.32. The van der Waals surface area contributed by atoms with Gasteiger partial charge >= 0.3 is 0 Å². The number of nitrogens with zero attached hydrogens (tertiary/aromatic N) is 1. The number of nitrogens with two attached hydrogens (primary N) is 1. The molecule has 0 bridgehead atoms. The van der Waals surface area contributed by atoms with Crippen LogP contribution in [0, 0.1) is 0 Å². The monoisotopic (exact) mass is 284 g/mol. The van der Waals surface area contributed by atoms with Gasteiger partial charge in [-0.3, -0.25) is 4.79 Å². The normalized spacial score (nSPS) is 12.8. The fourth-order valence-corrected chi connectivity index (χ4v) is 2.24. The molecule has 5 nitrogen and oxygen atoms in total. The van der Waals surface area contributed by atoms with Gasteiger partial charge in [-0.15, -0.1) is 0 Å². The fraction of sp³-hybridized carbons (Fsp3) is 0.188. The van der Waals surface area contributed by atoms with E-state index in [0.717, 1.165) is 5.69 Å². The number of hydrogen-bond acceptors (Lipinski definition) is 4. The molecule has 1 amide bonds. The topological polar surface area (TPSA) is 64.8 Å². The van der Waals surface area contributed by atoms with E-state index in [1.165, 1.54) is 0 Å². The maximum Gasteiger partial charge on any atom is 0.261 e. The number of hydrogen-bond donors (Lipinski definition) is 1. The number of nitrogen functional groups attached to an aromatic ring is 1. The zero-order chi connectivity index (χ0) is 14.8. The van der Waals surface area contributed by atoms with Crippen molar-refractivity contribution in [3.8, 4) is 11.5 Å². The smallest absolute Gasteiger partial charge is 0.261 e. The molecule has 0 radical (unpaired) electrons. The van der Waals surface area contributed by atoms with Gasteiger partial charge in [0.05, 0.1) is 5.56 Å². The molecule has 0 spiro atoms. The van der Waals surface area contributed by atoms with Crippen LogP contribution in [0.4, 0.5) is 11.4 Å². The van der Waals surface area contributed by atoms with E-state index in [4.69, 9.17) is 15.2 Å². The summed E-state index contributed by atoms with van der Waals surface area (Å²) in [6.45, 7) is 0.946. The Kier molecular flexibility index (Phi) is 3.39. The Hall–Kier alpha value is -2.69. The standard InChI is InChI=1S/C16H16N2O3/c1-18(12-7-5-11(17)6-8-12)16(19)13-3-2-4-14-15(13)21-10-9-20-14/h2-8H,9-10,17H2,1H3. The van der Waals surface area contributed by atoms with Crippen molar-refractivity contribution in [1.29, 1.82) is 0 Å². The summed E-state index contributed by atoms with van der Waals surface area (Å²) in [5, 5.41) is 0. The van der Waals surface area contributed by atoms with Gasteiger partial charge in [0.15, 0.2) is 11.5 Å². The summed E-state index contributed by atoms with van der Waals surface area (Å²) in [7, 11) is 1.72. The molecule has 0 unspecified atom stereocenters. The Labute approximate surface area is 122 Å². The van der Waals surface area contributed by atoms with Crippen LogP contribution in [0.5, 0.6) is 11.5 Å². The molecule has 108 valence electrons. The predicted molar refractivity (Wildman–Crippen MR) is 81.0 cm³/mol. The summed E-state index contributed by atoms with van der Waals surface area (Å²) in [6.07, 6.45) is 0. The number of amides is 1. The van der Waals surface area contributed by atoms with E-state index in [2.05, 4.69) is 0 Å². The first-order chi connectivity index (χ1) is 10.2. The first-order valence-corrected chi connectivity index (χ1v) is 6.69. The summed E-state index contributed by atoms with van der Waals surface area (Å²) in [5.41, 5.74) is 7.59. The average molecular weight is 284 g/mol. The summed E-state index contributed by atoms with van der Waals surface area (Å²) in [6, 6.07) is 12.5. The van der Waals surface area contributed by atoms with Crippen molar-refractivity contribution >= 4 is 17.3 Å². The fourth-order valence-electron chi connectivity index (χ4n) is 2.24. The average Bonchev–Trinajstić information content (AvgIpc) is 2.53. The van der Waals surface area contributed by atoms with Crippen LogP contribution in [0.3, 0.4) is 0 Å². The maximum atomic E-state index is 12.7. The molecule has 21 heavy (non-hydrogen) atoms. The lowest BCUT2D eigenvalue weighted by atomic mass is 10.1. The summed E-state index contributed by atoms with van der Waals surface area (Å²) in [4.78, 5) is 14.2. The second kappa shape index (κ2) is 5.36. The van der Waals surface area contributed by atoms with E-state index in [-0.39, 0.29) is 5.91 Å². The van der Waals surface area contributed by atoms with Crippen molar-refractivity contribution in [2.24, 2.45) is 0 Å². The van der Waals surface area contributed by atoms with Crippen LogP contribution in [-0.4, -0.2) is 26.2 Å². The number of rotatable bonds is 2. The number of ether oxygens (including phenoxy) is 2. The first-order valence-electron chi connectivity index (χ1n) is 6.69. The van der Waals surface area contributed by atoms with Crippen LogP contribution in [-0.2, 0) is 0 Å². The van der Waals surface area contributed by atoms with Gasteiger partial charge in [0, 0.05) is 18.4 Å². The van der Waals surface area contributed by atoms with Gasteiger partial charge in [0.25, 0.3) is 5.91 Å². The summed E-state index contributed by atoms with van der Waals surface area (Å²) < 4.78 is 11.1. The largest absolute Gasteiger partial charge is 0.486 e. The highest BCUT2D eigenvalue weighted by Crippen LogP contribution is 2.34. The lowest BCUT2D eigenvalue weighted by molar-refractivity contribution is 0.0982. The Morgan fingerprint density at radius 3 is 2.57 bits per heavy atom. The van der Waals surface area contributed by atoms with Crippen molar-refractivity contribution in [2.45, 2.75) is 0 Å². The Balaban J connectivity index is 1.93. The van der Waals surface area contributed by atoms with Gasteiger partial charge in [-0.1, -0.05) is 6.07 Å². The quantitative estimate of drug-likeness (QED) is 0.860. The SMILES string of the molecule is CN(C(=O)c1cccc2c1OCCO2)c1ccc(N)cc1. The molecule has 2 N–H and O–H groups in total. The minimum Gasteiger partial charge on any atom is -0.486 e. The van der Waals surface area contributed by atoms with E-state index < -0.39 is 0 Å². The molecule has 0 saturated heterocycles. The number of anilines is 2. The molecule has 1 aliphatic heterocycles. The van der Waals surface area contributed by atoms with E-state index in [0.29, 0.717) is 36.0 Å². The lowest BCUT2D eigenvalue weighted by Gasteiger charge is -2.23. The third kappa shape index (κ3) is 2.50. The highest BCUT2D eigenvalue weighted by Gasteiger charge is 2.23. The van der Waals surface area contributed by atoms with Crippen LogP contribution in [0.2, 0.25) is 0 Å². The van der Waals surface area contributed by atoms with Gasteiger partial charge in [-0.05, 0) is 36.4 Å². The van der Waals surface area contributed by atoms with Crippen molar-refractivity contribution in [3.63, 3.8) is 0 Å². The number of carbonyl (C=O) groups excluding carboxylic acids is 1. The van der Waals surface area contributed by atoms with Crippen molar-refractivity contribution in [2.75, 3.05) is 30.9 Å². The lowest BCUT2D eigenvalue weighted by Crippen LogP contribution is -2.28. The third-order valence-corrected chi connectivity index (χ3v) is 3.38. The second-order valence-electron chi connectivity index (χ2n) is 4.79. The van der Waals surface area contributed by atoms with Crippen LogP contribution in [0.15, 0.2) is 42.5 Å². The van der Waals surface area contributed by atoms with E-state index in [1.807, 2.05) is 0 Å². The Morgan fingerprint density at radius 2 is 1.81 bits per heavy atom. The third-order valence-electron chi connectivity index (χ3n) is 3.38. The van der Waals surface area contributed by atoms with E-state index >= 15 is 0 Å². The Bertz CT molecular complexity index is 668. The van der Waals surface area contributed by atoms with Crippen LogP contribution < -0.4 is 20.1 Å². The highest BCUT2D eigenvalue weighted by atomic mass is 16.6. The molecule has 5 heteroatoms. The molecule has 1 heterocycles. The van der Waals surface area contributed by atoms with Crippen molar-refractivity contribution < 1.29 is 14.3 Å². The van der Waals surface area contributed by atoms with Crippen LogP contribution in [0.25, 0.3) is 0 Å². The molecule has 0 aliphatic carbocycles. The van der Waals surface area contributed by atoms with Gasteiger partial charge in [-0.2, -0.15) is 0 Å². The van der Waals surface area contributed by atoms with Gasteiger partial charge in [0.1, 0.15) is 13.2 Å². The second-order valence-corrected chi connectivity index (χ2v) is 4.79. The molecular formula is C16H16N2O3. The van der Waals surface area contributed by atoms with Crippen LogP contribution in [0.1, 0.15) is 10.4 Å². The number of carbonyl (C=O) groups is 1. The Morgan fingerprint density at radius 1 is 1.10 bits per heavy atom. The molecule has 3 rings (SSSR count). The van der Waals surface area contributed by atoms with E-state index in [9.17, 15) is 4.79 Å². The molecular weight excluding hydrogens is 268 g/mol. The zero-order valence-electron chi connectivity index (χ0n) is 11.7. The number of fused-ring (bicyclic) bond motifs is 1. The van der Waals surface area contributed by atoms with Gasteiger partial charge < -0.3 is 20.1 Å². The molecule has 0 saturated carbocycles. The van der Waals surface area contributed by atoms with E-state index in [1.54, 1.807) is 54.4 Å². The van der Waals surface area contributed by atoms with Crippen molar-refractivity contribution in [3.05, 3.63) is 48.0 Å². The number of benzene rings is 2. The highest BCUT2D eigenvalue weighted by molar-refractivity contribution is 6.08. The van der Waals surface area contributed by atoms with Crippen molar-refractivity contribution in [1.82, 2.24) is 0 Å².